The van der Waals surface area contributed by atoms with Crippen molar-refractivity contribution in [2.75, 3.05) is 0 Å². The molecule has 1 aromatic heterocycles. The van der Waals surface area contributed by atoms with Crippen molar-refractivity contribution in [3.8, 4) is 5.75 Å². The molecule has 0 amide bonds. The fraction of sp³-hybridized carbons (Fsp3) is 0.200. The number of aryl methyl sites for hydroxylation is 1. The van der Waals surface area contributed by atoms with Crippen LogP contribution in [-0.2, 0) is 0 Å². The van der Waals surface area contributed by atoms with E-state index in [1.165, 1.54) is 6.07 Å². The van der Waals surface area contributed by atoms with Crippen LogP contribution in [0.15, 0.2) is 63.8 Å². The number of hydrogen-bond donors (Lipinski definition) is 0. The molecule has 1 unspecified atom stereocenters. The van der Waals surface area contributed by atoms with Crippen LogP contribution < -0.4 is 10.4 Å². The molecule has 0 spiro atoms. The predicted octanol–water partition coefficient (Wildman–Crippen LogP) is 4.14. The second-order valence-electron chi connectivity index (χ2n) is 5.65. The van der Waals surface area contributed by atoms with Gasteiger partial charge in [0, 0.05) is 23.1 Å². The molecule has 0 saturated heterocycles. The Hall–Kier alpha value is -2.88. The number of hydrogen-bond acceptors (Lipinski definition) is 4. The Morgan fingerprint density at radius 2 is 1.88 bits per heavy atom. The lowest BCUT2D eigenvalue weighted by Gasteiger charge is -2.17. The fourth-order valence-corrected chi connectivity index (χ4v) is 2.65. The Kier molecular flexibility index (Phi) is 4.47. The van der Waals surface area contributed by atoms with E-state index in [4.69, 9.17) is 9.15 Å². The highest BCUT2D eigenvalue weighted by Crippen LogP contribution is 2.24. The highest BCUT2D eigenvalue weighted by Gasteiger charge is 2.20. The standard InChI is InChI=1S/C20H18O4/c1-3-17(20(22)14-7-5-4-6-8-14)23-15-9-10-16-13(2)11-19(21)24-18(16)12-15/h4-12,17H,3H2,1-2H3. The summed E-state index contributed by atoms with van der Waals surface area (Å²) >= 11 is 0. The zero-order valence-electron chi connectivity index (χ0n) is 13.6. The van der Waals surface area contributed by atoms with Crippen molar-refractivity contribution in [1.82, 2.24) is 0 Å². The van der Waals surface area contributed by atoms with Crippen LogP contribution in [-0.4, -0.2) is 11.9 Å². The smallest absolute Gasteiger partial charge is 0.336 e. The minimum Gasteiger partial charge on any atom is -0.482 e. The van der Waals surface area contributed by atoms with Crippen LogP contribution >= 0.6 is 0 Å². The van der Waals surface area contributed by atoms with E-state index in [9.17, 15) is 9.59 Å². The summed E-state index contributed by atoms with van der Waals surface area (Å²) in [5.74, 6) is 0.441. The summed E-state index contributed by atoms with van der Waals surface area (Å²) in [6, 6.07) is 15.8. The zero-order valence-corrected chi connectivity index (χ0v) is 13.6. The Balaban J connectivity index is 1.90. The third-order valence-corrected chi connectivity index (χ3v) is 3.92. The van der Waals surface area contributed by atoms with Crippen LogP contribution in [0.5, 0.6) is 5.75 Å². The van der Waals surface area contributed by atoms with Gasteiger partial charge in [-0.25, -0.2) is 4.79 Å². The second kappa shape index (κ2) is 6.71. The van der Waals surface area contributed by atoms with Gasteiger partial charge in [0.05, 0.1) is 0 Å². The number of benzene rings is 2. The molecule has 122 valence electrons. The van der Waals surface area contributed by atoms with Gasteiger partial charge < -0.3 is 9.15 Å². The van der Waals surface area contributed by atoms with Gasteiger partial charge >= 0.3 is 5.63 Å². The second-order valence-corrected chi connectivity index (χ2v) is 5.65. The van der Waals surface area contributed by atoms with Crippen LogP contribution in [0.1, 0.15) is 29.3 Å². The predicted molar refractivity (Wildman–Crippen MR) is 92.7 cm³/mol. The maximum Gasteiger partial charge on any atom is 0.336 e. The SMILES string of the molecule is CCC(Oc1ccc2c(C)cc(=O)oc2c1)C(=O)c1ccccc1. The lowest BCUT2D eigenvalue weighted by atomic mass is 10.0. The van der Waals surface area contributed by atoms with Gasteiger partial charge in [0.1, 0.15) is 11.3 Å². The van der Waals surface area contributed by atoms with Crippen molar-refractivity contribution < 1.29 is 13.9 Å². The van der Waals surface area contributed by atoms with Crippen LogP contribution in [0.25, 0.3) is 11.0 Å². The molecule has 0 N–H and O–H groups in total. The minimum absolute atomic E-state index is 0.0658. The van der Waals surface area contributed by atoms with E-state index in [-0.39, 0.29) is 5.78 Å². The van der Waals surface area contributed by atoms with Crippen molar-refractivity contribution in [3.05, 3.63) is 76.1 Å². The van der Waals surface area contributed by atoms with E-state index in [2.05, 4.69) is 0 Å². The van der Waals surface area contributed by atoms with Gasteiger partial charge in [0.2, 0.25) is 5.78 Å². The van der Waals surface area contributed by atoms with Gasteiger partial charge in [-0.15, -0.1) is 0 Å². The van der Waals surface area contributed by atoms with Crippen LogP contribution in [0.2, 0.25) is 0 Å². The van der Waals surface area contributed by atoms with Crippen molar-refractivity contribution in [1.29, 1.82) is 0 Å². The minimum atomic E-state index is -0.582. The van der Waals surface area contributed by atoms with Crippen LogP contribution in [0.3, 0.4) is 0 Å². The molecular weight excluding hydrogens is 304 g/mol. The third-order valence-electron chi connectivity index (χ3n) is 3.92. The van der Waals surface area contributed by atoms with E-state index < -0.39 is 11.7 Å². The van der Waals surface area contributed by atoms with Gasteiger partial charge in [-0.3, -0.25) is 4.79 Å². The number of carbonyl (C=O) groups excluding carboxylic acids is 1. The summed E-state index contributed by atoms with van der Waals surface area (Å²) in [6.45, 7) is 3.75. The number of Topliss-reactive ketones (excluding diaryl/α,β-unsaturated/α-hetero) is 1. The molecule has 4 heteroatoms. The highest BCUT2D eigenvalue weighted by molar-refractivity contribution is 5.99. The lowest BCUT2D eigenvalue weighted by Crippen LogP contribution is -2.26. The maximum absolute atomic E-state index is 12.6. The third kappa shape index (κ3) is 3.23. The average Bonchev–Trinajstić information content (AvgIpc) is 2.59. The van der Waals surface area contributed by atoms with Gasteiger partial charge in [0.15, 0.2) is 6.10 Å². The first-order chi connectivity index (χ1) is 11.6. The van der Waals surface area contributed by atoms with Gasteiger partial charge in [0.25, 0.3) is 0 Å². The van der Waals surface area contributed by atoms with E-state index in [1.807, 2.05) is 38.1 Å². The molecule has 0 radical (unpaired) electrons. The molecule has 0 bridgehead atoms. The Morgan fingerprint density at radius 1 is 1.12 bits per heavy atom. The number of ether oxygens (including phenoxy) is 1. The maximum atomic E-state index is 12.6. The van der Waals surface area contributed by atoms with Crippen molar-refractivity contribution in [2.24, 2.45) is 0 Å². The number of ketones is 1. The first-order valence-electron chi connectivity index (χ1n) is 7.89. The molecule has 0 aliphatic heterocycles. The van der Waals surface area contributed by atoms with Crippen molar-refractivity contribution in [3.63, 3.8) is 0 Å². The Labute approximate surface area is 139 Å². The van der Waals surface area contributed by atoms with Crippen LogP contribution in [0.4, 0.5) is 0 Å². The van der Waals surface area contributed by atoms with Crippen LogP contribution in [0, 0.1) is 6.92 Å². The summed E-state index contributed by atoms with van der Waals surface area (Å²) in [5.41, 5.74) is 1.52. The van der Waals surface area contributed by atoms with E-state index >= 15 is 0 Å². The summed E-state index contributed by atoms with van der Waals surface area (Å²) in [5, 5.41) is 0.851. The summed E-state index contributed by atoms with van der Waals surface area (Å²) < 4.78 is 11.1. The van der Waals surface area contributed by atoms with E-state index in [0.29, 0.717) is 23.3 Å². The summed E-state index contributed by atoms with van der Waals surface area (Å²) in [6.07, 6.45) is -0.0369. The number of rotatable bonds is 5. The van der Waals surface area contributed by atoms with Crippen molar-refractivity contribution >= 4 is 16.8 Å². The quantitative estimate of drug-likeness (QED) is 0.523. The summed E-state index contributed by atoms with van der Waals surface area (Å²) in [4.78, 5) is 24.1. The Morgan fingerprint density at radius 3 is 2.58 bits per heavy atom. The normalized spacial score (nSPS) is 12.1. The molecule has 0 aliphatic carbocycles. The van der Waals surface area contributed by atoms with Gasteiger partial charge in [-0.1, -0.05) is 37.3 Å². The molecule has 0 fully saturated rings. The lowest BCUT2D eigenvalue weighted by molar-refractivity contribution is 0.0786. The largest absolute Gasteiger partial charge is 0.482 e. The molecule has 3 aromatic rings. The van der Waals surface area contributed by atoms with Gasteiger partial charge in [-0.2, -0.15) is 0 Å². The number of fused-ring (bicyclic) bond motifs is 1. The molecule has 2 aromatic carbocycles. The van der Waals surface area contributed by atoms with Gasteiger partial charge in [-0.05, 0) is 31.0 Å². The molecular formula is C20H18O4. The average molecular weight is 322 g/mol. The zero-order chi connectivity index (χ0) is 17.1. The topological polar surface area (TPSA) is 56.5 Å². The molecule has 24 heavy (non-hydrogen) atoms. The molecule has 1 heterocycles. The molecule has 1 atom stereocenters. The fourth-order valence-electron chi connectivity index (χ4n) is 2.65. The number of carbonyl (C=O) groups is 1. The van der Waals surface area contributed by atoms with E-state index in [0.717, 1.165) is 10.9 Å². The van der Waals surface area contributed by atoms with Crippen molar-refractivity contribution in [2.45, 2.75) is 26.4 Å². The molecule has 4 nitrogen and oxygen atoms in total. The molecule has 3 rings (SSSR count). The first-order valence-corrected chi connectivity index (χ1v) is 7.89. The summed E-state index contributed by atoms with van der Waals surface area (Å²) in [7, 11) is 0. The monoisotopic (exact) mass is 322 g/mol. The molecule has 0 saturated carbocycles. The highest BCUT2D eigenvalue weighted by atomic mass is 16.5. The Bertz CT molecular complexity index is 925. The molecule has 0 aliphatic rings. The first kappa shape index (κ1) is 16.0. The van der Waals surface area contributed by atoms with E-state index in [1.54, 1.807) is 24.3 Å².